The Hall–Kier alpha value is -3.61. The van der Waals surface area contributed by atoms with E-state index in [0.29, 0.717) is 36.0 Å². The molecule has 0 radical (unpaired) electrons. The van der Waals surface area contributed by atoms with E-state index >= 15 is 0 Å². The van der Waals surface area contributed by atoms with Gasteiger partial charge in [-0.2, -0.15) is 0 Å². The van der Waals surface area contributed by atoms with Gasteiger partial charge in [0, 0.05) is 28.7 Å². The number of rotatable bonds is 5. The summed E-state index contributed by atoms with van der Waals surface area (Å²) in [6.07, 6.45) is 0. The summed E-state index contributed by atoms with van der Waals surface area (Å²) >= 11 is 0. The van der Waals surface area contributed by atoms with Crippen LogP contribution in [0.1, 0.15) is 32.1 Å². The molecule has 0 spiro atoms. The zero-order valence-electron chi connectivity index (χ0n) is 16.6. The van der Waals surface area contributed by atoms with Gasteiger partial charge >= 0.3 is 5.97 Å². The molecule has 0 saturated carbocycles. The third-order valence-electron chi connectivity index (χ3n) is 4.94. The lowest BCUT2D eigenvalue weighted by atomic mass is 10.1. The van der Waals surface area contributed by atoms with E-state index in [1.807, 2.05) is 36.6 Å². The highest BCUT2D eigenvalue weighted by Gasteiger charge is 2.21. The minimum absolute atomic E-state index is 0.202. The number of nitrogens with zero attached hydrogens (tertiary/aromatic N) is 1. The highest BCUT2D eigenvalue weighted by molar-refractivity contribution is 6.00. The number of ether oxygens (including phenoxy) is 3. The van der Waals surface area contributed by atoms with Gasteiger partial charge in [-0.15, -0.1) is 0 Å². The summed E-state index contributed by atoms with van der Waals surface area (Å²) in [5, 5.41) is 0. The molecule has 30 heavy (non-hydrogen) atoms. The standard InChI is InChI=1S/C23H20FNO5/c1-14-11-18(20(26)13-30-23(27)17-5-3-4-6-19(17)24)15(2)25(14)16-7-8-21-22(12-16)29-10-9-28-21/h3-8,11-12H,9-10,13H2,1-2H3. The van der Waals surface area contributed by atoms with Gasteiger partial charge in [0.2, 0.25) is 5.78 Å². The Morgan fingerprint density at radius 3 is 2.50 bits per heavy atom. The Kier molecular flexibility index (Phi) is 5.27. The number of hydrogen-bond donors (Lipinski definition) is 0. The highest BCUT2D eigenvalue weighted by Crippen LogP contribution is 2.33. The minimum atomic E-state index is -0.873. The molecule has 1 aromatic heterocycles. The number of esters is 1. The smallest absolute Gasteiger partial charge is 0.341 e. The average Bonchev–Trinajstić information content (AvgIpc) is 3.05. The van der Waals surface area contributed by atoms with E-state index in [1.54, 1.807) is 6.07 Å². The monoisotopic (exact) mass is 409 g/mol. The molecule has 0 bridgehead atoms. The summed E-state index contributed by atoms with van der Waals surface area (Å²) in [6.45, 7) is 4.22. The van der Waals surface area contributed by atoms with Crippen molar-refractivity contribution in [3.8, 4) is 17.2 Å². The van der Waals surface area contributed by atoms with Crippen LogP contribution >= 0.6 is 0 Å². The van der Waals surface area contributed by atoms with Crippen molar-refractivity contribution < 1.29 is 28.2 Å². The summed E-state index contributed by atoms with van der Waals surface area (Å²) in [7, 11) is 0. The first-order valence-electron chi connectivity index (χ1n) is 9.49. The SMILES string of the molecule is Cc1cc(C(=O)COC(=O)c2ccccc2F)c(C)n1-c1ccc2c(c1)OCCO2. The van der Waals surface area contributed by atoms with Gasteiger partial charge in [0.25, 0.3) is 0 Å². The number of carbonyl (C=O) groups excluding carboxylic acids is 2. The average molecular weight is 409 g/mol. The molecule has 0 saturated heterocycles. The van der Waals surface area contributed by atoms with Gasteiger partial charge in [-0.05, 0) is 44.2 Å². The van der Waals surface area contributed by atoms with E-state index in [-0.39, 0.29) is 11.3 Å². The van der Waals surface area contributed by atoms with Crippen LogP contribution in [0, 0.1) is 19.7 Å². The van der Waals surface area contributed by atoms with Gasteiger partial charge in [0.1, 0.15) is 19.0 Å². The Bertz CT molecular complexity index is 1130. The predicted molar refractivity (Wildman–Crippen MR) is 107 cm³/mol. The zero-order valence-corrected chi connectivity index (χ0v) is 16.6. The van der Waals surface area contributed by atoms with Gasteiger partial charge in [0.05, 0.1) is 5.56 Å². The lowest BCUT2D eigenvalue weighted by molar-refractivity contribution is 0.0470. The molecule has 7 heteroatoms. The molecule has 3 aromatic rings. The molecule has 2 aromatic carbocycles. The summed E-state index contributed by atoms with van der Waals surface area (Å²) in [4.78, 5) is 24.8. The second-order valence-corrected chi connectivity index (χ2v) is 6.93. The topological polar surface area (TPSA) is 66.8 Å². The molecule has 0 fully saturated rings. The molecule has 154 valence electrons. The maximum Gasteiger partial charge on any atom is 0.341 e. The second-order valence-electron chi connectivity index (χ2n) is 6.93. The van der Waals surface area contributed by atoms with Gasteiger partial charge in [-0.1, -0.05) is 12.1 Å². The molecule has 1 aliphatic heterocycles. The lowest BCUT2D eigenvalue weighted by Gasteiger charge is -2.20. The molecule has 0 N–H and O–H groups in total. The van der Waals surface area contributed by atoms with Crippen molar-refractivity contribution in [1.82, 2.24) is 4.57 Å². The Morgan fingerprint density at radius 2 is 1.73 bits per heavy atom. The molecule has 4 rings (SSSR count). The Balaban J connectivity index is 1.54. The van der Waals surface area contributed by atoms with Crippen LogP contribution in [-0.4, -0.2) is 36.1 Å². The number of fused-ring (bicyclic) bond motifs is 1. The fourth-order valence-electron chi connectivity index (χ4n) is 3.53. The predicted octanol–water partition coefficient (Wildman–Crippen LogP) is 4.04. The number of halogens is 1. The van der Waals surface area contributed by atoms with Gasteiger partial charge in [0.15, 0.2) is 18.1 Å². The molecule has 0 atom stereocenters. The van der Waals surface area contributed by atoms with Crippen molar-refractivity contribution in [2.24, 2.45) is 0 Å². The van der Waals surface area contributed by atoms with Crippen molar-refractivity contribution >= 4 is 11.8 Å². The maximum atomic E-state index is 13.7. The van der Waals surface area contributed by atoms with Crippen LogP contribution in [0.4, 0.5) is 4.39 Å². The van der Waals surface area contributed by atoms with E-state index < -0.39 is 18.4 Å². The van der Waals surface area contributed by atoms with E-state index in [0.717, 1.165) is 11.4 Å². The fourth-order valence-corrected chi connectivity index (χ4v) is 3.53. The van der Waals surface area contributed by atoms with Crippen molar-refractivity contribution in [2.45, 2.75) is 13.8 Å². The Labute approximate surface area is 172 Å². The quantitative estimate of drug-likeness (QED) is 0.470. The first kappa shape index (κ1) is 19.7. The van der Waals surface area contributed by atoms with E-state index in [1.165, 1.54) is 24.3 Å². The van der Waals surface area contributed by atoms with Gasteiger partial charge in [-0.25, -0.2) is 9.18 Å². The molecule has 0 amide bonds. The van der Waals surface area contributed by atoms with Crippen molar-refractivity contribution in [1.29, 1.82) is 0 Å². The van der Waals surface area contributed by atoms with Crippen LogP contribution < -0.4 is 9.47 Å². The van der Waals surface area contributed by atoms with Crippen molar-refractivity contribution in [2.75, 3.05) is 19.8 Å². The Morgan fingerprint density at radius 1 is 1.00 bits per heavy atom. The molecule has 2 heterocycles. The molecule has 1 aliphatic rings. The normalized spacial score (nSPS) is 12.5. The third-order valence-corrected chi connectivity index (χ3v) is 4.94. The van der Waals surface area contributed by atoms with E-state index in [9.17, 15) is 14.0 Å². The largest absolute Gasteiger partial charge is 0.486 e. The number of benzene rings is 2. The maximum absolute atomic E-state index is 13.7. The van der Waals surface area contributed by atoms with Crippen LogP contribution in [0.2, 0.25) is 0 Å². The first-order valence-corrected chi connectivity index (χ1v) is 9.49. The second kappa shape index (κ2) is 8.02. The first-order chi connectivity index (χ1) is 14.5. The number of ketones is 1. The number of carbonyl (C=O) groups is 2. The number of aromatic nitrogens is 1. The van der Waals surface area contributed by atoms with Crippen LogP contribution in [0.3, 0.4) is 0 Å². The summed E-state index contributed by atoms with van der Waals surface area (Å²) < 4.78 is 31.9. The summed E-state index contributed by atoms with van der Waals surface area (Å²) in [6, 6.07) is 12.8. The molecular formula is C23H20FNO5. The van der Waals surface area contributed by atoms with Crippen LogP contribution in [0.15, 0.2) is 48.5 Å². The number of aryl methyl sites for hydroxylation is 1. The summed E-state index contributed by atoms with van der Waals surface area (Å²) in [5.41, 5.74) is 2.61. The number of Topliss-reactive ketones (excluding diaryl/α,β-unsaturated/α-hetero) is 1. The van der Waals surface area contributed by atoms with E-state index in [4.69, 9.17) is 14.2 Å². The summed E-state index contributed by atoms with van der Waals surface area (Å²) in [5.74, 6) is -0.591. The molecule has 6 nitrogen and oxygen atoms in total. The van der Waals surface area contributed by atoms with Crippen molar-refractivity contribution in [3.63, 3.8) is 0 Å². The van der Waals surface area contributed by atoms with E-state index in [2.05, 4.69) is 0 Å². The van der Waals surface area contributed by atoms with Gasteiger partial charge in [-0.3, -0.25) is 4.79 Å². The third kappa shape index (κ3) is 3.66. The fraction of sp³-hybridized carbons (Fsp3) is 0.217. The van der Waals surface area contributed by atoms with Gasteiger partial charge < -0.3 is 18.8 Å². The van der Waals surface area contributed by atoms with Crippen LogP contribution in [-0.2, 0) is 4.74 Å². The van der Waals surface area contributed by atoms with Crippen molar-refractivity contribution in [3.05, 3.63) is 76.9 Å². The van der Waals surface area contributed by atoms with Crippen LogP contribution in [0.5, 0.6) is 11.5 Å². The molecule has 0 aliphatic carbocycles. The number of hydrogen-bond acceptors (Lipinski definition) is 5. The molecule has 0 unspecified atom stereocenters. The zero-order chi connectivity index (χ0) is 21.3. The highest BCUT2D eigenvalue weighted by atomic mass is 19.1. The van der Waals surface area contributed by atoms with Crippen LogP contribution in [0.25, 0.3) is 5.69 Å². The molecular weight excluding hydrogens is 389 g/mol. The minimum Gasteiger partial charge on any atom is -0.486 e. The lowest BCUT2D eigenvalue weighted by Crippen LogP contribution is -2.16.